The van der Waals surface area contributed by atoms with Crippen molar-refractivity contribution in [1.82, 2.24) is 15.1 Å². The zero-order valence-electron chi connectivity index (χ0n) is 17.1. The third-order valence-electron chi connectivity index (χ3n) is 7.49. The van der Waals surface area contributed by atoms with Gasteiger partial charge in [-0.3, -0.25) is 9.89 Å². The number of aromatic amines is 1. The van der Waals surface area contributed by atoms with E-state index in [0.717, 1.165) is 32.4 Å². The molecule has 2 heterocycles. The molecular formula is C26H27N3O. The molecule has 2 aliphatic carbocycles. The first-order valence-corrected chi connectivity index (χ1v) is 11.3. The van der Waals surface area contributed by atoms with Gasteiger partial charge in [0.05, 0.1) is 6.20 Å². The molecule has 2 aromatic carbocycles. The number of piperidine rings is 1. The highest BCUT2D eigenvalue weighted by molar-refractivity contribution is 5.97. The molecule has 3 aromatic rings. The Kier molecular flexibility index (Phi) is 4.26. The number of hydrogen-bond acceptors (Lipinski definition) is 2. The standard InChI is InChI=1S/C26H27N3O/c30-26(23-14-17-10-11-19(23)13-17)29-12-4-7-20(16-29)25-24(15-27-28-25)22-9-3-6-18-5-1-2-8-21(18)22/h1-3,5-6,8-11,15,17,19-20,23H,4,7,12-14,16H2,(H,27,28)/t17-,19+,20?,23+/m1/s1. The lowest BCUT2D eigenvalue weighted by Gasteiger charge is -2.35. The molecule has 4 nitrogen and oxygen atoms in total. The number of benzene rings is 2. The molecule has 2 bridgehead atoms. The number of carbonyl (C=O) groups is 1. The topological polar surface area (TPSA) is 49.0 Å². The van der Waals surface area contributed by atoms with Crippen LogP contribution in [0.5, 0.6) is 0 Å². The second kappa shape index (κ2) is 7.12. The van der Waals surface area contributed by atoms with Crippen LogP contribution in [0.15, 0.2) is 60.8 Å². The molecule has 0 radical (unpaired) electrons. The molecule has 1 aliphatic heterocycles. The van der Waals surface area contributed by atoms with Crippen LogP contribution >= 0.6 is 0 Å². The minimum absolute atomic E-state index is 0.207. The highest BCUT2D eigenvalue weighted by atomic mass is 16.2. The summed E-state index contributed by atoms with van der Waals surface area (Å²) in [6, 6.07) is 15.0. The first-order valence-electron chi connectivity index (χ1n) is 11.3. The lowest BCUT2D eigenvalue weighted by atomic mass is 9.87. The average Bonchev–Trinajstić information content (AvgIpc) is 3.55. The fourth-order valence-corrected chi connectivity index (χ4v) is 5.99. The number of nitrogens with zero attached hydrogens (tertiary/aromatic N) is 2. The monoisotopic (exact) mass is 397 g/mol. The van der Waals surface area contributed by atoms with Gasteiger partial charge in [0.1, 0.15) is 0 Å². The average molecular weight is 398 g/mol. The predicted octanol–water partition coefficient (Wildman–Crippen LogP) is 5.15. The highest BCUT2D eigenvalue weighted by Gasteiger charge is 2.42. The van der Waals surface area contributed by atoms with E-state index in [0.29, 0.717) is 23.7 Å². The second-order valence-electron chi connectivity index (χ2n) is 9.23. The number of H-pyrrole nitrogens is 1. The van der Waals surface area contributed by atoms with Crippen molar-refractivity contribution in [2.24, 2.45) is 17.8 Å². The Hall–Kier alpha value is -2.88. The zero-order valence-corrected chi connectivity index (χ0v) is 17.1. The van der Waals surface area contributed by atoms with Crippen LogP contribution in [0.4, 0.5) is 0 Å². The van der Waals surface area contributed by atoms with Crippen LogP contribution in [0.25, 0.3) is 21.9 Å². The lowest BCUT2D eigenvalue weighted by molar-refractivity contribution is -0.137. The van der Waals surface area contributed by atoms with Gasteiger partial charge in [-0.05, 0) is 53.9 Å². The Balaban J connectivity index is 1.28. The summed E-state index contributed by atoms with van der Waals surface area (Å²) >= 11 is 0. The number of nitrogens with one attached hydrogen (secondary N) is 1. The van der Waals surface area contributed by atoms with Gasteiger partial charge in [0.15, 0.2) is 0 Å². The van der Waals surface area contributed by atoms with Crippen molar-refractivity contribution in [3.8, 4) is 11.1 Å². The third-order valence-corrected chi connectivity index (χ3v) is 7.49. The van der Waals surface area contributed by atoms with Gasteiger partial charge in [-0.15, -0.1) is 0 Å². The molecule has 1 amide bonds. The maximum Gasteiger partial charge on any atom is 0.226 e. The van der Waals surface area contributed by atoms with Gasteiger partial charge < -0.3 is 4.90 Å². The second-order valence-corrected chi connectivity index (χ2v) is 9.23. The number of rotatable bonds is 3. The molecular weight excluding hydrogens is 370 g/mol. The van der Waals surface area contributed by atoms with E-state index in [1.54, 1.807) is 0 Å². The number of amides is 1. The first kappa shape index (κ1) is 17.9. The Morgan fingerprint density at radius 3 is 2.80 bits per heavy atom. The summed E-state index contributed by atoms with van der Waals surface area (Å²) in [6.45, 7) is 1.70. The Morgan fingerprint density at radius 1 is 1.03 bits per heavy atom. The molecule has 6 rings (SSSR count). The quantitative estimate of drug-likeness (QED) is 0.622. The van der Waals surface area contributed by atoms with E-state index in [2.05, 4.69) is 69.7 Å². The van der Waals surface area contributed by atoms with E-state index in [9.17, 15) is 4.79 Å². The molecule has 1 saturated heterocycles. The number of fused-ring (bicyclic) bond motifs is 3. The number of hydrogen-bond donors (Lipinski definition) is 1. The number of likely N-dealkylation sites (tertiary alicyclic amines) is 1. The van der Waals surface area contributed by atoms with Crippen molar-refractivity contribution in [3.05, 3.63) is 66.5 Å². The summed E-state index contributed by atoms with van der Waals surface area (Å²) in [7, 11) is 0. The van der Waals surface area contributed by atoms with Crippen LogP contribution in [0, 0.1) is 17.8 Å². The summed E-state index contributed by atoms with van der Waals surface area (Å²) in [6.07, 6.45) is 10.9. The van der Waals surface area contributed by atoms with E-state index < -0.39 is 0 Å². The Bertz CT molecular complexity index is 1120. The van der Waals surface area contributed by atoms with Crippen molar-refractivity contribution in [1.29, 1.82) is 0 Å². The van der Waals surface area contributed by atoms with Crippen LogP contribution in [0.3, 0.4) is 0 Å². The van der Waals surface area contributed by atoms with Gasteiger partial charge in [-0.25, -0.2) is 0 Å². The molecule has 2 fully saturated rings. The van der Waals surface area contributed by atoms with Crippen LogP contribution in [-0.4, -0.2) is 34.1 Å². The van der Waals surface area contributed by atoms with Crippen molar-refractivity contribution in [2.45, 2.75) is 31.6 Å². The van der Waals surface area contributed by atoms with Gasteiger partial charge in [-0.1, -0.05) is 54.6 Å². The van der Waals surface area contributed by atoms with Gasteiger partial charge in [0.25, 0.3) is 0 Å². The maximum absolute atomic E-state index is 13.3. The molecule has 1 saturated carbocycles. The van der Waals surface area contributed by atoms with E-state index in [-0.39, 0.29) is 5.92 Å². The van der Waals surface area contributed by atoms with E-state index in [4.69, 9.17) is 0 Å². The van der Waals surface area contributed by atoms with Crippen molar-refractivity contribution >= 4 is 16.7 Å². The van der Waals surface area contributed by atoms with Gasteiger partial charge in [0, 0.05) is 36.2 Å². The molecule has 30 heavy (non-hydrogen) atoms. The highest BCUT2D eigenvalue weighted by Crippen LogP contribution is 2.45. The minimum atomic E-state index is 0.207. The molecule has 1 N–H and O–H groups in total. The van der Waals surface area contributed by atoms with Crippen molar-refractivity contribution in [3.63, 3.8) is 0 Å². The fourth-order valence-electron chi connectivity index (χ4n) is 5.99. The van der Waals surface area contributed by atoms with Gasteiger partial charge in [0.2, 0.25) is 5.91 Å². The molecule has 1 aromatic heterocycles. The molecule has 0 spiro atoms. The summed E-state index contributed by atoms with van der Waals surface area (Å²) in [5.74, 6) is 2.01. The van der Waals surface area contributed by atoms with Crippen LogP contribution < -0.4 is 0 Å². The van der Waals surface area contributed by atoms with Crippen molar-refractivity contribution < 1.29 is 4.79 Å². The van der Waals surface area contributed by atoms with Crippen LogP contribution in [0.1, 0.15) is 37.3 Å². The van der Waals surface area contributed by atoms with Crippen LogP contribution in [0.2, 0.25) is 0 Å². The lowest BCUT2D eigenvalue weighted by Crippen LogP contribution is -2.43. The molecule has 152 valence electrons. The largest absolute Gasteiger partial charge is 0.342 e. The zero-order chi connectivity index (χ0) is 20.1. The smallest absolute Gasteiger partial charge is 0.226 e. The molecule has 3 aliphatic rings. The minimum Gasteiger partial charge on any atom is -0.342 e. The van der Waals surface area contributed by atoms with E-state index >= 15 is 0 Å². The van der Waals surface area contributed by atoms with Crippen LogP contribution in [-0.2, 0) is 4.79 Å². The van der Waals surface area contributed by atoms with Gasteiger partial charge in [-0.2, -0.15) is 5.10 Å². The van der Waals surface area contributed by atoms with Gasteiger partial charge >= 0.3 is 0 Å². The van der Waals surface area contributed by atoms with E-state index in [1.165, 1.54) is 34.0 Å². The summed E-state index contributed by atoms with van der Waals surface area (Å²) in [4.78, 5) is 15.4. The number of aromatic nitrogens is 2. The van der Waals surface area contributed by atoms with E-state index in [1.807, 2.05) is 6.20 Å². The third kappa shape index (κ3) is 2.89. The Labute approximate surface area is 177 Å². The summed E-state index contributed by atoms with van der Waals surface area (Å²) in [5, 5.41) is 10.2. The molecule has 4 atom stereocenters. The molecule has 1 unspecified atom stereocenters. The normalized spacial score (nSPS) is 27.8. The number of allylic oxidation sites excluding steroid dienone is 2. The molecule has 4 heteroatoms. The summed E-state index contributed by atoms with van der Waals surface area (Å²) in [5.41, 5.74) is 3.57. The Morgan fingerprint density at radius 2 is 1.93 bits per heavy atom. The SMILES string of the molecule is O=C([C@H]1C[C@@H]2C=C[C@H]1C2)N1CCCC(c2[nH]ncc2-c2cccc3ccccc23)C1. The fraction of sp³-hybridized carbons (Fsp3) is 0.385. The first-order chi connectivity index (χ1) is 14.8. The summed E-state index contributed by atoms with van der Waals surface area (Å²) < 4.78 is 0. The van der Waals surface area contributed by atoms with Crippen molar-refractivity contribution in [2.75, 3.05) is 13.1 Å². The predicted molar refractivity (Wildman–Crippen MR) is 119 cm³/mol. The maximum atomic E-state index is 13.3. The number of carbonyl (C=O) groups excluding carboxylic acids is 1.